The van der Waals surface area contributed by atoms with E-state index >= 15 is 0 Å². The van der Waals surface area contributed by atoms with E-state index in [0.717, 1.165) is 17.0 Å². The number of alkyl carbamates (subject to hydrolysis) is 1. The van der Waals surface area contributed by atoms with Crippen molar-refractivity contribution in [2.75, 3.05) is 19.7 Å². The zero-order chi connectivity index (χ0) is 36.4. The molecule has 3 heterocycles. The van der Waals surface area contributed by atoms with E-state index in [4.69, 9.17) is 9.47 Å². The SMILES string of the molecule is CC(C)(C)OC(=O)NC(C)(C)C(=O)N[C@H](COCc1ccc(F)cc1F)C(=O)N1CCC2=NN(C(F)(F)F)C(=O)[C@]2(Cc2ccccn2)C1. The fraction of sp³-hybridized carbons (Fsp3) is 0.500. The van der Waals surface area contributed by atoms with E-state index in [2.05, 4.69) is 20.7 Å². The minimum Gasteiger partial charge on any atom is -0.444 e. The fourth-order valence-electron chi connectivity index (χ4n) is 5.36. The molecule has 2 N–H and O–H groups in total. The van der Waals surface area contributed by atoms with Crippen LogP contribution in [0.1, 0.15) is 52.3 Å². The van der Waals surface area contributed by atoms with Crippen molar-refractivity contribution in [3.63, 3.8) is 0 Å². The van der Waals surface area contributed by atoms with Crippen molar-refractivity contribution in [2.45, 2.75) is 77.5 Å². The summed E-state index contributed by atoms with van der Waals surface area (Å²) in [6, 6.07) is 5.98. The third-order valence-corrected chi connectivity index (χ3v) is 7.76. The Kier molecular flexibility index (Phi) is 10.7. The van der Waals surface area contributed by atoms with Crippen LogP contribution >= 0.6 is 0 Å². The molecule has 1 fully saturated rings. The van der Waals surface area contributed by atoms with Crippen molar-refractivity contribution >= 4 is 29.5 Å². The van der Waals surface area contributed by atoms with E-state index in [-0.39, 0.29) is 36.4 Å². The first-order valence-electron chi connectivity index (χ1n) is 15.2. The van der Waals surface area contributed by atoms with Crippen molar-refractivity contribution < 1.29 is 50.6 Å². The zero-order valence-corrected chi connectivity index (χ0v) is 27.5. The maximum absolute atomic E-state index is 14.3. The Morgan fingerprint density at radius 1 is 1.06 bits per heavy atom. The Hall–Kier alpha value is -4.67. The van der Waals surface area contributed by atoms with Crippen LogP contribution in [0, 0.1) is 17.0 Å². The lowest BCUT2D eigenvalue weighted by Gasteiger charge is -2.40. The molecule has 0 spiro atoms. The van der Waals surface area contributed by atoms with Crippen molar-refractivity contribution in [1.82, 2.24) is 25.5 Å². The molecule has 1 saturated heterocycles. The van der Waals surface area contributed by atoms with E-state index in [1.807, 2.05) is 0 Å². The number of rotatable bonds is 10. The summed E-state index contributed by atoms with van der Waals surface area (Å²) in [4.78, 5) is 58.7. The van der Waals surface area contributed by atoms with Crippen LogP contribution in [-0.4, -0.2) is 87.6 Å². The number of amides is 4. The van der Waals surface area contributed by atoms with Gasteiger partial charge in [0.05, 0.1) is 18.9 Å². The monoisotopic (exact) mass is 696 g/mol. The number of likely N-dealkylation sites (tertiary alicyclic amines) is 1. The summed E-state index contributed by atoms with van der Waals surface area (Å²) in [5.74, 6) is -4.82. The lowest BCUT2D eigenvalue weighted by molar-refractivity contribution is -0.241. The molecule has 0 radical (unpaired) electrons. The number of hydrogen-bond donors (Lipinski definition) is 2. The Labute approximate surface area is 279 Å². The van der Waals surface area contributed by atoms with Crippen LogP contribution in [0.3, 0.4) is 0 Å². The second-order valence-electron chi connectivity index (χ2n) is 13.3. The van der Waals surface area contributed by atoms with Crippen molar-refractivity contribution in [1.29, 1.82) is 0 Å². The van der Waals surface area contributed by atoms with Gasteiger partial charge in [-0.2, -0.15) is 5.10 Å². The molecule has 49 heavy (non-hydrogen) atoms. The predicted octanol–water partition coefficient (Wildman–Crippen LogP) is 3.84. The van der Waals surface area contributed by atoms with E-state index in [9.17, 15) is 41.1 Å². The molecule has 1 aromatic carbocycles. The molecule has 17 heteroatoms. The molecule has 2 aromatic rings. The number of halogens is 5. The molecule has 2 aliphatic rings. The van der Waals surface area contributed by atoms with E-state index < -0.39 is 89.1 Å². The zero-order valence-electron chi connectivity index (χ0n) is 27.5. The largest absolute Gasteiger partial charge is 0.507 e. The average molecular weight is 697 g/mol. The van der Waals surface area contributed by atoms with E-state index in [1.54, 1.807) is 32.9 Å². The molecule has 1 aromatic heterocycles. The minimum absolute atomic E-state index is 0.0530. The van der Waals surface area contributed by atoms with E-state index in [1.165, 1.54) is 26.1 Å². The Balaban J connectivity index is 1.61. The van der Waals surface area contributed by atoms with Crippen LogP contribution in [0.4, 0.5) is 26.7 Å². The van der Waals surface area contributed by atoms with Gasteiger partial charge in [-0.15, -0.1) is 18.2 Å². The van der Waals surface area contributed by atoms with Gasteiger partial charge in [-0.25, -0.2) is 13.6 Å². The van der Waals surface area contributed by atoms with Gasteiger partial charge in [0.15, 0.2) is 0 Å². The number of aromatic nitrogens is 1. The van der Waals surface area contributed by atoms with Gasteiger partial charge in [-0.05, 0) is 52.8 Å². The first-order chi connectivity index (χ1) is 22.7. The van der Waals surface area contributed by atoms with Gasteiger partial charge in [0.25, 0.3) is 5.91 Å². The summed E-state index contributed by atoms with van der Waals surface area (Å²) in [5, 5.41) is 7.98. The highest BCUT2D eigenvalue weighted by Crippen LogP contribution is 2.42. The first-order valence-corrected chi connectivity index (χ1v) is 15.2. The summed E-state index contributed by atoms with van der Waals surface area (Å²) in [7, 11) is 0. The highest BCUT2D eigenvalue weighted by atomic mass is 19.4. The molecule has 0 aliphatic carbocycles. The van der Waals surface area contributed by atoms with Crippen LogP contribution in [-0.2, 0) is 36.9 Å². The number of benzene rings is 1. The summed E-state index contributed by atoms with van der Waals surface area (Å²) >= 11 is 0. The third-order valence-electron chi connectivity index (χ3n) is 7.76. The van der Waals surface area contributed by atoms with Crippen LogP contribution in [0.2, 0.25) is 0 Å². The fourth-order valence-corrected chi connectivity index (χ4v) is 5.36. The molecular weight excluding hydrogens is 659 g/mol. The molecule has 0 unspecified atom stereocenters. The quantitative estimate of drug-likeness (QED) is 0.284. The third kappa shape index (κ3) is 8.87. The van der Waals surface area contributed by atoms with Gasteiger partial charge in [0.1, 0.15) is 34.2 Å². The van der Waals surface area contributed by atoms with Crippen LogP contribution in [0.5, 0.6) is 0 Å². The highest BCUT2D eigenvalue weighted by Gasteiger charge is 2.60. The first kappa shape index (κ1) is 37.2. The number of pyridine rings is 1. The predicted molar refractivity (Wildman–Crippen MR) is 163 cm³/mol. The van der Waals surface area contributed by atoms with Gasteiger partial charge < -0.3 is 25.0 Å². The second-order valence-corrected chi connectivity index (χ2v) is 13.3. The molecule has 266 valence electrons. The Morgan fingerprint density at radius 2 is 1.78 bits per heavy atom. The number of hydrazone groups is 1. The van der Waals surface area contributed by atoms with Gasteiger partial charge in [-0.3, -0.25) is 19.4 Å². The molecule has 4 amide bonds. The average Bonchev–Trinajstić information content (AvgIpc) is 3.28. The highest BCUT2D eigenvalue weighted by molar-refractivity contribution is 6.14. The maximum Gasteiger partial charge on any atom is 0.507 e. The molecular formula is C32H37F5N6O6. The second kappa shape index (κ2) is 14.1. The smallest absolute Gasteiger partial charge is 0.444 e. The molecule has 4 rings (SSSR count). The summed E-state index contributed by atoms with van der Waals surface area (Å²) < 4.78 is 80.1. The molecule has 2 atom stereocenters. The van der Waals surface area contributed by atoms with Gasteiger partial charge in [-0.1, -0.05) is 12.1 Å². The van der Waals surface area contributed by atoms with Crippen molar-refractivity contribution in [3.05, 3.63) is 65.5 Å². The minimum atomic E-state index is -5.12. The number of carbonyl (C=O) groups excluding carboxylic acids is 4. The summed E-state index contributed by atoms with van der Waals surface area (Å²) in [5.41, 5.74) is -4.30. The number of alkyl halides is 3. The Bertz CT molecular complexity index is 1610. The number of fused-ring (bicyclic) bond motifs is 1. The standard InChI is InChI=1S/C32H37F5N6O6/c1-29(2,3)49-28(47)40-30(4,5)26(45)39-23(17-48-16-19-9-10-20(33)14-22(19)34)25(44)42-13-11-24-31(18-42,15-21-8-6-7-12-38-21)27(46)43(41-24)32(35,36)37/h6-10,12,14,23H,11,13,15-18H2,1-5H3,(H,39,45)(H,40,47)/t23-,31-/m1/s1. The van der Waals surface area contributed by atoms with Crippen molar-refractivity contribution in [2.24, 2.45) is 10.5 Å². The number of piperidine rings is 1. The normalized spacial score (nSPS) is 18.8. The number of nitrogens with one attached hydrogen (secondary N) is 2. The number of ether oxygens (including phenoxy) is 2. The molecule has 12 nitrogen and oxygen atoms in total. The van der Waals surface area contributed by atoms with Crippen molar-refractivity contribution in [3.8, 4) is 0 Å². The van der Waals surface area contributed by atoms with Crippen LogP contribution in [0.25, 0.3) is 0 Å². The topological polar surface area (TPSA) is 143 Å². The maximum atomic E-state index is 14.3. The molecule has 0 bridgehead atoms. The summed E-state index contributed by atoms with van der Waals surface area (Å²) in [6.45, 7) is 5.83. The lowest BCUT2D eigenvalue weighted by atomic mass is 9.74. The number of nitrogens with zero attached hydrogens (tertiary/aromatic N) is 4. The van der Waals surface area contributed by atoms with Gasteiger partial charge in [0.2, 0.25) is 11.8 Å². The lowest BCUT2D eigenvalue weighted by Crippen LogP contribution is -2.63. The molecule has 2 aliphatic heterocycles. The van der Waals surface area contributed by atoms with Gasteiger partial charge >= 0.3 is 12.4 Å². The Morgan fingerprint density at radius 3 is 2.39 bits per heavy atom. The van der Waals surface area contributed by atoms with Crippen LogP contribution < -0.4 is 10.6 Å². The van der Waals surface area contributed by atoms with E-state index in [0.29, 0.717) is 6.07 Å². The van der Waals surface area contributed by atoms with Crippen LogP contribution in [0.15, 0.2) is 47.7 Å². The molecule has 0 saturated carbocycles. The summed E-state index contributed by atoms with van der Waals surface area (Å²) in [6.07, 6.45) is -5.14. The number of hydrogen-bond acceptors (Lipinski definition) is 8. The van der Waals surface area contributed by atoms with Gasteiger partial charge in [0, 0.05) is 49.5 Å². The number of carbonyl (C=O) groups is 4.